The number of aromatic nitrogens is 2. The van der Waals surface area contributed by atoms with Gasteiger partial charge in [-0.15, -0.1) is 0 Å². The summed E-state index contributed by atoms with van der Waals surface area (Å²) in [6.07, 6.45) is 0.884. The molecule has 0 aliphatic carbocycles. The topological polar surface area (TPSA) is 66.9 Å². The molecule has 0 unspecified atom stereocenters. The summed E-state index contributed by atoms with van der Waals surface area (Å²) in [6, 6.07) is 10.5. The van der Waals surface area contributed by atoms with Crippen molar-refractivity contribution in [3.8, 4) is 0 Å². The van der Waals surface area contributed by atoms with Gasteiger partial charge in [0.25, 0.3) is 5.91 Å². The van der Waals surface area contributed by atoms with Crippen LogP contribution in [0.1, 0.15) is 28.8 Å². The van der Waals surface area contributed by atoms with E-state index < -0.39 is 23.4 Å². The van der Waals surface area contributed by atoms with E-state index in [0.29, 0.717) is 5.69 Å². The molecule has 2 aromatic carbocycles. The number of carbonyl (C=O) groups excluding carboxylic acids is 1. The molecule has 1 amide bonds. The Labute approximate surface area is 159 Å². The van der Waals surface area contributed by atoms with Gasteiger partial charge in [-0.05, 0) is 43.2 Å². The largest absolute Gasteiger partial charge is 0.338 e. The fourth-order valence-corrected chi connectivity index (χ4v) is 2.53. The zero-order valence-corrected chi connectivity index (χ0v) is 15.2. The Hall–Kier alpha value is -3.42. The molecular formula is C20H17F3N4O. The Kier molecular flexibility index (Phi) is 5.58. The van der Waals surface area contributed by atoms with E-state index >= 15 is 0 Å². The molecule has 1 heterocycles. The standard InChI is InChI=1S/C20H17F3N4O/c1-3-12-4-6-13(7-5-12)26-20(28)16-10-17(25-11(2)24-16)27-15-9-8-14(21)18(22)19(15)23/h4-10H,3H2,1-2H3,(H,26,28)(H,24,25,27). The van der Waals surface area contributed by atoms with Crippen molar-refractivity contribution in [3.63, 3.8) is 0 Å². The van der Waals surface area contributed by atoms with E-state index in [1.807, 2.05) is 19.1 Å². The Morgan fingerprint density at radius 1 is 1.00 bits per heavy atom. The van der Waals surface area contributed by atoms with E-state index in [2.05, 4.69) is 20.6 Å². The zero-order valence-electron chi connectivity index (χ0n) is 15.2. The van der Waals surface area contributed by atoms with Crippen LogP contribution >= 0.6 is 0 Å². The minimum atomic E-state index is -1.59. The van der Waals surface area contributed by atoms with Crippen LogP contribution in [0.2, 0.25) is 0 Å². The zero-order chi connectivity index (χ0) is 20.3. The molecule has 0 aliphatic rings. The van der Waals surface area contributed by atoms with E-state index in [9.17, 15) is 18.0 Å². The van der Waals surface area contributed by atoms with Crippen molar-refractivity contribution >= 4 is 23.1 Å². The van der Waals surface area contributed by atoms with Crippen LogP contribution in [0.15, 0.2) is 42.5 Å². The van der Waals surface area contributed by atoms with E-state index in [-0.39, 0.29) is 23.0 Å². The lowest BCUT2D eigenvalue weighted by molar-refractivity contribution is 0.102. The van der Waals surface area contributed by atoms with E-state index in [0.717, 1.165) is 24.1 Å². The van der Waals surface area contributed by atoms with Crippen LogP contribution in [-0.4, -0.2) is 15.9 Å². The molecule has 0 fully saturated rings. The molecule has 8 heteroatoms. The van der Waals surface area contributed by atoms with Crippen LogP contribution in [-0.2, 0) is 6.42 Å². The number of hydrogen-bond donors (Lipinski definition) is 2. The normalized spacial score (nSPS) is 10.6. The molecule has 3 rings (SSSR count). The molecule has 0 bridgehead atoms. The van der Waals surface area contributed by atoms with Gasteiger partial charge in [0.15, 0.2) is 17.5 Å². The average molecular weight is 386 g/mol. The van der Waals surface area contributed by atoms with Gasteiger partial charge in [0.1, 0.15) is 17.3 Å². The molecular weight excluding hydrogens is 369 g/mol. The van der Waals surface area contributed by atoms with Gasteiger partial charge in [0.05, 0.1) is 5.69 Å². The summed E-state index contributed by atoms with van der Waals surface area (Å²) in [5.74, 6) is -4.43. The maximum atomic E-state index is 13.9. The van der Waals surface area contributed by atoms with Crippen molar-refractivity contribution in [2.45, 2.75) is 20.3 Å². The quantitative estimate of drug-likeness (QED) is 0.621. The number of anilines is 3. The Balaban J connectivity index is 1.82. The number of aryl methyl sites for hydroxylation is 2. The average Bonchev–Trinajstić information content (AvgIpc) is 2.68. The van der Waals surface area contributed by atoms with Gasteiger partial charge >= 0.3 is 0 Å². The summed E-state index contributed by atoms with van der Waals surface area (Å²) in [5, 5.41) is 5.26. The fraction of sp³-hybridized carbons (Fsp3) is 0.150. The molecule has 3 aromatic rings. The van der Waals surface area contributed by atoms with Crippen molar-refractivity contribution in [1.82, 2.24) is 9.97 Å². The monoisotopic (exact) mass is 386 g/mol. The van der Waals surface area contributed by atoms with Crippen molar-refractivity contribution < 1.29 is 18.0 Å². The van der Waals surface area contributed by atoms with Crippen molar-refractivity contribution in [1.29, 1.82) is 0 Å². The number of hydrogen-bond acceptors (Lipinski definition) is 4. The molecule has 1 aromatic heterocycles. The summed E-state index contributed by atoms with van der Waals surface area (Å²) in [7, 11) is 0. The van der Waals surface area contributed by atoms with Gasteiger partial charge in [-0.1, -0.05) is 19.1 Å². The number of amides is 1. The molecule has 144 valence electrons. The number of nitrogens with one attached hydrogen (secondary N) is 2. The second kappa shape index (κ2) is 8.08. The smallest absolute Gasteiger partial charge is 0.274 e. The third-order valence-corrected chi connectivity index (χ3v) is 3.99. The summed E-state index contributed by atoms with van der Waals surface area (Å²) >= 11 is 0. The SMILES string of the molecule is CCc1ccc(NC(=O)c2cc(Nc3ccc(F)c(F)c3F)nc(C)n2)cc1. The number of halogens is 3. The van der Waals surface area contributed by atoms with Crippen LogP contribution in [0.25, 0.3) is 0 Å². The fourth-order valence-electron chi connectivity index (χ4n) is 2.53. The summed E-state index contributed by atoms with van der Waals surface area (Å²) in [4.78, 5) is 20.6. The first-order valence-electron chi connectivity index (χ1n) is 8.54. The van der Waals surface area contributed by atoms with E-state index in [1.54, 1.807) is 19.1 Å². The minimum Gasteiger partial charge on any atom is -0.338 e. The molecule has 28 heavy (non-hydrogen) atoms. The molecule has 5 nitrogen and oxygen atoms in total. The molecule has 0 atom stereocenters. The molecule has 0 aliphatic heterocycles. The first-order valence-corrected chi connectivity index (χ1v) is 8.54. The van der Waals surface area contributed by atoms with Gasteiger partial charge in [-0.25, -0.2) is 23.1 Å². The number of carbonyl (C=O) groups is 1. The number of nitrogens with zero attached hydrogens (tertiary/aromatic N) is 2. The van der Waals surface area contributed by atoms with Crippen LogP contribution in [0.4, 0.5) is 30.4 Å². The molecule has 0 radical (unpaired) electrons. The molecule has 0 saturated carbocycles. The first-order chi connectivity index (χ1) is 13.4. The maximum Gasteiger partial charge on any atom is 0.274 e. The Morgan fingerprint density at radius 3 is 2.39 bits per heavy atom. The predicted octanol–water partition coefficient (Wildman–Crippen LogP) is 4.76. The van der Waals surface area contributed by atoms with Crippen LogP contribution < -0.4 is 10.6 Å². The highest BCUT2D eigenvalue weighted by molar-refractivity contribution is 6.03. The Morgan fingerprint density at radius 2 is 1.71 bits per heavy atom. The van der Waals surface area contributed by atoms with Gasteiger partial charge in [-0.2, -0.15) is 0 Å². The lowest BCUT2D eigenvalue weighted by atomic mass is 10.1. The maximum absolute atomic E-state index is 13.9. The molecule has 0 saturated heterocycles. The minimum absolute atomic E-state index is 0.0394. The van der Waals surface area contributed by atoms with Crippen LogP contribution in [0.3, 0.4) is 0 Å². The summed E-state index contributed by atoms with van der Waals surface area (Å²) in [5.41, 5.74) is 1.46. The highest BCUT2D eigenvalue weighted by Gasteiger charge is 2.16. The van der Waals surface area contributed by atoms with Crippen molar-refractivity contribution in [3.05, 3.63) is 77.0 Å². The Bertz CT molecular complexity index is 1020. The van der Waals surface area contributed by atoms with Gasteiger partial charge in [0.2, 0.25) is 0 Å². The molecule has 2 N–H and O–H groups in total. The first kappa shape index (κ1) is 19.3. The summed E-state index contributed by atoms with van der Waals surface area (Å²) in [6.45, 7) is 3.58. The summed E-state index contributed by atoms with van der Waals surface area (Å²) < 4.78 is 40.3. The van der Waals surface area contributed by atoms with Crippen LogP contribution in [0, 0.1) is 24.4 Å². The number of rotatable bonds is 5. The third kappa shape index (κ3) is 4.28. The van der Waals surface area contributed by atoms with Gasteiger partial charge in [-0.3, -0.25) is 4.79 Å². The highest BCUT2D eigenvalue weighted by atomic mass is 19.2. The lowest BCUT2D eigenvalue weighted by Crippen LogP contribution is -2.15. The second-order valence-corrected chi connectivity index (χ2v) is 6.04. The predicted molar refractivity (Wildman–Crippen MR) is 100 cm³/mol. The van der Waals surface area contributed by atoms with Crippen molar-refractivity contribution in [2.24, 2.45) is 0 Å². The van der Waals surface area contributed by atoms with Gasteiger partial charge in [0, 0.05) is 11.8 Å². The highest BCUT2D eigenvalue weighted by Crippen LogP contribution is 2.23. The van der Waals surface area contributed by atoms with Crippen molar-refractivity contribution in [2.75, 3.05) is 10.6 Å². The van der Waals surface area contributed by atoms with Crippen LogP contribution in [0.5, 0.6) is 0 Å². The third-order valence-electron chi connectivity index (χ3n) is 3.99. The second-order valence-electron chi connectivity index (χ2n) is 6.04. The lowest BCUT2D eigenvalue weighted by Gasteiger charge is -2.10. The van der Waals surface area contributed by atoms with Gasteiger partial charge < -0.3 is 10.6 Å². The van der Waals surface area contributed by atoms with E-state index in [4.69, 9.17) is 0 Å². The number of benzene rings is 2. The van der Waals surface area contributed by atoms with E-state index in [1.165, 1.54) is 6.07 Å². The molecule has 0 spiro atoms.